The smallest absolute Gasteiger partial charge is 0.329 e. The van der Waals surface area contributed by atoms with Crippen LogP contribution in [0.5, 0.6) is 0 Å². The lowest BCUT2D eigenvalue weighted by Crippen LogP contribution is -2.61. The number of nitrogens with one attached hydrogen (secondary N) is 3. The molecule has 0 fully saturated rings. The van der Waals surface area contributed by atoms with Crippen LogP contribution in [0.3, 0.4) is 0 Å². The quantitative estimate of drug-likeness (QED) is 0.0718. The number of hydrogen-bond acceptors (Lipinski definition) is 11. The topological polar surface area (TPSA) is 240 Å². The third-order valence-electron chi connectivity index (χ3n) is 8.48. The molecular weight excluding hydrogens is 662 g/mol. The Morgan fingerprint density at radius 1 is 1.00 bits per heavy atom. The van der Waals surface area contributed by atoms with Crippen molar-refractivity contribution in [3.63, 3.8) is 0 Å². The second-order valence-corrected chi connectivity index (χ2v) is 12.3. The Hall–Kier alpha value is -5.48. The molecule has 16 heteroatoms. The molecule has 3 rings (SSSR count). The number of aromatic nitrogens is 2. The van der Waals surface area contributed by atoms with Crippen LogP contribution in [0.1, 0.15) is 50.4 Å². The summed E-state index contributed by atoms with van der Waals surface area (Å²) in [5.41, 5.74) is 7.83. The molecule has 0 saturated carbocycles. The van der Waals surface area contributed by atoms with E-state index in [4.69, 9.17) is 10.5 Å². The third kappa shape index (κ3) is 11.5. The van der Waals surface area contributed by atoms with Gasteiger partial charge in [0.25, 0.3) is 11.6 Å². The van der Waals surface area contributed by atoms with E-state index in [2.05, 4.69) is 20.6 Å². The van der Waals surface area contributed by atoms with Gasteiger partial charge in [0, 0.05) is 49.8 Å². The lowest BCUT2D eigenvalue weighted by molar-refractivity contribution is -0.384. The number of carbonyl (C=O) groups excluding carboxylic acids is 5. The Kier molecular flexibility index (Phi) is 14.9. The molecule has 1 aromatic heterocycles. The van der Waals surface area contributed by atoms with Crippen LogP contribution in [0.4, 0.5) is 5.69 Å². The summed E-state index contributed by atoms with van der Waals surface area (Å²) in [6.45, 7) is 4.67. The van der Waals surface area contributed by atoms with Crippen LogP contribution in [0.2, 0.25) is 0 Å². The van der Waals surface area contributed by atoms with Crippen molar-refractivity contribution in [3.05, 3.63) is 94.1 Å². The Labute approximate surface area is 295 Å². The van der Waals surface area contributed by atoms with Gasteiger partial charge >= 0.3 is 5.97 Å². The highest BCUT2D eigenvalue weighted by Crippen LogP contribution is 2.22. The highest BCUT2D eigenvalue weighted by molar-refractivity contribution is 6.03. The number of nitro benzene ring substituents is 1. The predicted molar refractivity (Wildman–Crippen MR) is 184 cm³/mol. The molecule has 1 unspecified atom stereocenters. The zero-order valence-corrected chi connectivity index (χ0v) is 29.0. The number of non-ortho nitro benzene ring substituents is 1. The van der Waals surface area contributed by atoms with E-state index in [-0.39, 0.29) is 24.9 Å². The molecule has 0 spiro atoms. The predicted octanol–water partition coefficient (Wildman–Crippen LogP) is 1.36. The first-order valence-electron chi connectivity index (χ1n) is 16.4. The van der Waals surface area contributed by atoms with Crippen molar-refractivity contribution < 1.29 is 38.7 Å². The third-order valence-corrected chi connectivity index (χ3v) is 8.48. The fraction of sp³-hybridized carbons (Fsp3) is 0.429. The zero-order valence-electron chi connectivity index (χ0n) is 29.0. The van der Waals surface area contributed by atoms with Crippen LogP contribution in [0.15, 0.2) is 67.1 Å². The highest BCUT2D eigenvalue weighted by atomic mass is 16.6. The van der Waals surface area contributed by atoms with Crippen LogP contribution in [0, 0.1) is 16.0 Å². The number of benzene rings is 2. The minimum Gasteiger partial charge on any atom is -0.467 e. The number of H-pyrrole nitrogens is 1. The number of nitrogens with zero attached hydrogens (tertiary/aromatic N) is 3. The monoisotopic (exact) mass is 707 g/mol. The van der Waals surface area contributed by atoms with Gasteiger partial charge in [0.1, 0.15) is 18.1 Å². The SMILES string of the molecule is CC[C@H](C)[C@@H](C(=O)OC)N(C(=O)CC(O)[C@@H](N)Cc1ccc([N+](=O)[O-])cc1)C(=O)[C@H](Cc1cnc[nH]1)NC(=O)[C@H](Cc1ccccc1)NC(C)=O. The Morgan fingerprint density at radius 2 is 1.65 bits per heavy atom. The molecule has 6 atom stereocenters. The number of aliphatic hydroxyl groups is 1. The summed E-state index contributed by atoms with van der Waals surface area (Å²) in [6, 6.07) is 9.43. The number of rotatable bonds is 18. The maximum atomic E-state index is 14.6. The summed E-state index contributed by atoms with van der Waals surface area (Å²) in [5, 5.41) is 27.4. The average Bonchev–Trinajstić information content (AvgIpc) is 3.62. The number of aliphatic hydroxyl groups excluding tert-OH is 1. The van der Waals surface area contributed by atoms with Gasteiger partial charge in [-0.15, -0.1) is 0 Å². The van der Waals surface area contributed by atoms with Crippen LogP contribution < -0.4 is 16.4 Å². The number of esters is 1. The van der Waals surface area contributed by atoms with Crippen molar-refractivity contribution in [1.82, 2.24) is 25.5 Å². The summed E-state index contributed by atoms with van der Waals surface area (Å²) < 4.78 is 5.02. The molecule has 0 aliphatic heterocycles. The summed E-state index contributed by atoms with van der Waals surface area (Å²) in [6.07, 6.45) is 0.914. The Morgan fingerprint density at radius 3 is 2.20 bits per heavy atom. The van der Waals surface area contributed by atoms with E-state index in [0.29, 0.717) is 22.6 Å². The van der Waals surface area contributed by atoms with Gasteiger partial charge in [-0.05, 0) is 23.5 Å². The first-order chi connectivity index (χ1) is 24.2. The largest absolute Gasteiger partial charge is 0.467 e. The Balaban J connectivity index is 1.97. The van der Waals surface area contributed by atoms with E-state index >= 15 is 0 Å². The summed E-state index contributed by atoms with van der Waals surface area (Å²) in [7, 11) is 1.12. The van der Waals surface area contributed by atoms with E-state index in [1.54, 1.807) is 44.2 Å². The minimum atomic E-state index is -1.51. The number of ether oxygens (including phenoxy) is 1. The van der Waals surface area contributed by atoms with Crippen molar-refractivity contribution in [2.24, 2.45) is 11.7 Å². The normalized spacial score (nSPS) is 14.5. The molecule has 0 aliphatic rings. The number of amides is 4. The number of aromatic amines is 1. The zero-order chi connectivity index (χ0) is 37.7. The number of methoxy groups -OCH3 is 1. The fourth-order valence-corrected chi connectivity index (χ4v) is 5.50. The van der Waals surface area contributed by atoms with Crippen LogP contribution in [-0.2, 0) is 48.0 Å². The second kappa shape index (κ2) is 19.1. The van der Waals surface area contributed by atoms with E-state index < -0.39 is 77.1 Å². The second-order valence-electron chi connectivity index (χ2n) is 12.3. The lowest BCUT2D eigenvalue weighted by atomic mass is 9.94. The van der Waals surface area contributed by atoms with Gasteiger partial charge < -0.3 is 31.2 Å². The van der Waals surface area contributed by atoms with E-state index in [1.165, 1.54) is 43.7 Å². The van der Waals surface area contributed by atoms with Crippen molar-refractivity contribution in [3.8, 4) is 0 Å². The molecular formula is C35H45N7O9. The first kappa shape index (κ1) is 40.0. The van der Waals surface area contributed by atoms with Crippen LogP contribution in [-0.4, -0.2) is 91.9 Å². The van der Waals surface area contributed by atoms with Gasteiger partial charge in [0.05, 0.1) is 30.9 Å². The molecule has 0 aliphatic carbocycles. The molecule has 16 nitrogen and oxygen atoms in total. The van der Waals surface area contributed by atoms with Gasteiger partial charge in [-0.25, -0.2) is 9.78 Å². The lowest BCUT2D eigenvalue weighted by Gasteiger charge is -2.35. The molecule has 3 aromatic rings. The molecule has 2 aromatic carbocycles. The van der Waals surface area contributed by atoms with Gasteiger partial charge in [-0.1, -0.05) is 62.7 Å². The number of nitro groups is 1. The number of hydrogen-bond donors (Lipinski definition) is 5. The Bertz CT molecular complexity index is 1630. The van der Waals surface area contributed by atoms with Crippen molar-refractivity contribution in [2.75, 3.05) is 7.11 Å². The van der Waals surface area contributed by atoms with Gasteiger partial charge in [-0.3, -0.25) is 34.2 Å². The molecule has 51 heavy (non-hydrogen) atoms. The number of nitrogens with two attached hydrogens (primary N) is 1. The summed E-state index contributed by atoms with van der Waals surface area (Å²) in [4.78, 5) is 85.8. The maximum absolute atomic E-state index is 14.6. The molecule has 0 bridgehead atoms. The van der Waals surface area contributed by atoms with Crippen LogP contribution in [0.25, 0.3) is 0 Å². The van der Waals surface area contributed by atoms with Gasteiger partial charge in [0.2, 0.25) is 17.7 Å². The molecule has 0 saturated heterocycles. The molecule has 0 radical (unpaired) electrons. The molecule has 1 heterocycles. The number of imidazole rings is 1. The van der Waals surface area contributed by atoms with Crippen molar-refractivity contribution in [1.29, 1.82) is 0 Å². The maximum Gasteiger partial charge on any atom is 0.329 e. The number of carbonyl (C=O) groups is 5. The standard InChI is InChI=1S/C35H45N7O9/c1-5-21(2)32(35(48)51-4)41(31(45)18-30(44)27(36)15-24-11-13-26(14-12-24)42(49)50)34(47)29(17-25-19-37-20-38-25)40-33(46)28(39-22(3)43)16-23-9-7-6-8-10-23/h6-14,19-21,27-30,32,44H,5,15-18,36H2,1-4H3,(H,37,38)(H,39,43)(H,40,46)/t21-,27-,28-,29-,30?,32-/m0/s1. The summed E-state index contributed by atoms with van der Waals surface area (Å²) >= 11 is 0. The van der Waals surface area contributed by atoms with E-state index in [1.807, 2.05) is 0 Å². The first-order valence-corrected chi connectivity index (χ1v) is 16.4. The molecule has 4 amide bonds. The number of imide groups is 1. The van der Waals surface area contributed by atoms with E-state index in [9.17, 15) is 39.2 Å². The summed E-state index contributed by atoms with van der Waals surface area (Å²) in [5.74, 6) is -4.61. The van der Waals surface area contributed by atoms with E-state index in [0.717, 1.165) is 12.7 Å². The van der Waals surface area contributed by atoms with Crippen molar-refractivity contribution >= 4 is 35.3 Å². The van der Waals surface area contributed by atoms with Gasteiger partial charge in [0.15, 0.2) is 0 Å². The molecule has 274 valence electrons. The fourth-order valence-electron chi connectivity index (χ4n) is 5.50. The van der Waals surface area contributed by atoms with Gasteiger partial charge in [-0.2, -0.15) is 0 Å². The highest BCUT2D eigenvalue weighted by Gasteiger charge is 2.43. The minimum absolute atomic E-state index is 0.0383. The average molecular weight is 708 g/mol. The van der Waals surface area contributed by atoms with Crippen LogP contribution >= 0.6 is 0 Å². The molecule has 6 N–H and O–H groups in total. The van der Waals surface area contributed by atoms with Crippen molar-refractivity contribution in [2.45, 2.75) is 83.1 Å².